The lowest BCUT2D eigenvalue weighted by molar-refractivity contribution is -0.150. The van der Waals surface area contributed by atoms with Crippen LogP contribution >= 0.6 is 0 Å². The van der Waals surface area contributed by atoms with Gasteiger partial charge in [-0.15, -0.1) is 0 Å². The minimum atomic E-state index is -1.20. The molecule has 0 fully saturated rings. The van der Waals surface area contributed by atoms with Gasteiger partial charge in [0.1, 0.15) is 0 Å². The number of carbonyl (C=O) groups excluding carboxylic acids is 1. The van der Waals surface area contributed by atoms with Gasteiger partial charge >= 0.3 is 5.97 Å². The number of esters is 1. The number of aliphatic hydroxyl groups excluding tert-OH is 1. The molecule has 0 amide bonds. The van der Waals surface area contributed by atoms with Gasteiger partial charge in [0.05, 0.1) is 7.11 Å². The van der Waals surface area contributed by atoms with Crippen LogP contribution in [-0.2, 0) is 22.4 Å². The largest absolute Gasteiger partial charge is 0.467 e. The van der Waals surface area contributed by atoms with E-state index in [0.717, 1.165) is 18.4 Å². The van der Waals surface area contributed by atoms with Crippen LogP contribution in [0.1, 0.15) is 22.8 Å². The van der Waals surface area contributed by atoms with Gasteiger partial charge in [-0.3, -0.25) is 0 Å². The number of methoxy groups -OCH3 is 1. The van der Waals surface area contributed by atoms with Gasteiger partial charge in [-0.1, -0.05) is 18.2 Å². The van der Waals surface area contributed by atoms with Crippen molar-refractivity contribution in [2.24, 2.45) is 5.73 Å². The fourth-order valence-corrected chi connectivity index (χ4v) is 2.09. The number of hydrogen-bond donors (Lipinski definition) is 2. The van der Waals surface area contributed by atoms with E-state index in [9.17, 15) is 9.90 Å². The molecule has 5 heteroatoms. The lowest BCUT2D eigenvalue weighted by Gasteiger charge is -2.10. The molecule has 0 heterocycles. The van der Waals surface area contributed by atoms with Gasteiger partial charge < -0.3 is 21.1 Å². The van der Waals surface area contributed by atoms with Crippen LogP contribution in [0.15, 0.2) is 18.2 Å². The number of fused-ring (bicyclic) bond motifs is 1. The van der Waals surface area contributed by atoms with Crippen molar-refractivity contribution >= 4 is 5.97 Å². The summed E-state index contributed by atoms with van der Waals surface area (Å²) in [6.45, 7) is 0. The minimum Gasteiger partial charge on any atom is -0.467 e. The van der Waals surface area contributed by atoms with Gasteiger partial charge in [-0.25, -0.2) is 4.79 Å². The van der Waals surface area contributed by atoms with Crippen LogP contribution in [0.25, 0.3) is 0 Å². The molecule has 1 aromatic rings. The maximum atomic E-state index is 11.2. The second-order valence-electron chi connectivity index (χ2n) is 4.12. The first-order valence-corrected chi connectivity index (χ1v) is 5.25. The molecule has 0 saturated carbocycles. The van der Waals surface area contributed by atoms with Crippen molar-refractivity contribution in [3.05, 3.63) is 34.9 Å². The third-order valence-electron chi connectivity index (χ3n) is 2.93. The molecule has 5 N–H and O–H groups in total. The average Bonchev–Trinajstić information content (AvgIpc) is 2.65. The van der Waals surface area contributed by atoms with Crippen molar-refractivity contribution in [3.8, 4) is 0 Å². The number of benzene rings is 1. The summed E-state index contributed by atoms with van der Waals surface area (Å²) in [4.78, 5) is 11.2. The molecule has 0 bridgehead atoms. The number of hydrogen-bond acceptors (Lipinski definition) is 4. The van der Waals surface area contributed by atoms with E-state index in [4.69, 9.17) is 5.73 Å². The maximum absolute atomic E-state index is 11.2. The Morgan fingerprint density at radius 3 is 2.76 bits per heavy atom. The van der Waals surface area contributed by atoms with E-state index < -0.39 is 12.1 Å². The highest BCUT2D eigenvalue weighted by atomic mass is 16.5. The zero-order valence-electron chi connectivity index (χ0n) is 9.64. The third-order valence-corrected chi connectivity index (χ3v) is 2.93. The Bertz CT molecular complexity index is 419. The standard InChI is InChI=1S/C12H15NO3.H2O/c1-16-12(15)11(14)8-3-2-7-5-10(13)6-9(7)4-8;/h2-4,10-11,14H,5-6,13H2,1H3;1H2. The molecular weight excluding hydrogens is 222 g/mol. The molecule has 0 saturated heterocycles. The monoisotopic (exact) mass is 239 g/mol. The molecular formula is C12H17NO4. The molecule has 1 aromatic carbocycles. The van der Waals surface area contributed by atoms with Gasteiger partial charge in [0.2, 0.25) is 0 Å². The molecule has 0 radical (unpaired) electrons. The van der Waals surface area contributed by atoms with Crippen LogP contribution in [0.2, 0.25) is 0 Å². The first-order valence-electron chi connectivity index (χ1n) is 5.25. The highest BCUT2D eigenvalue weighted by molar-refractivity contribution is 5.76. The van der Waals surface area contributed by atoms with Crippen LogP contribution in [0, 0.1) is 0 Å². The molecule has 1 aliphatic rings. The molecule has 2 atom stereocenters. The fourth-order valence-electron chi connectivity index (χ4n) is 2.09. The zero-order valence-corrected chi connectivity index (χ0v) is 9.64. The predicted octanol–water partition coefficient (Wildman–Crippen LogP) is -0.506. The molecule has 17 heavy (non-hydrogen) atoms. The number of aliphatic hydroxyl groups is 1. The van der Waals surface area contributed by atoms with Crippen molar-refractivity contribution in [1.82, 2.24) is 0 Å². The summed E-state index contributed by atoms with van der Waals surface area (Å²) < 4.78 is 4.49. The Morgan fingerprint density at radius 1 is 1.47 bits per heavy atom. The first kappa shape index (κ1) is 13.6. The maximum Gasteiger partial charge on any atom is 0.339 e. The summed E-state index contributed by atoms with van der Waals surface area (Å²) in [6, 6.07) is 5.66. The van der Waals surface area contributed by atoms with Gasteiger partial charge in [-0.2, -0.15) is 0 Å². The van der Waals surface area contributed by atoms with Crippen molar-refractivity contribution < 1.29 is 20.1 Å². The highest BCUT2D eigenvalue weighted by Gasteiger charge is 2.22. The summed E-state index contributed by atoms with van der Waals surface area (Å²) in [7, 11) is 1.26. The molecule has 2 unspecified atom stereocenters. The first-order chi connectivity index (χ1) is 7.61. The summed E-state index contributed by atoms with van der Waals surface area (Å²) >= 11 is 0. The Labute approximate surface area is 99.5 Å². The molecule has 0 aliphatic heterocycles. The second kappa shape index (κ2) is 5.27. The Morgan fingerprint density at radius 2 is 2.12 bits per heavy atom. The topological polar surface area (TPSA) is 104 Å². The molecule has 1 aliphatic carbocycles. The number of carbonyl (C=O) groups is 1. The number of ether oxygens (including phenoxy) is 1. The average molecular weight is 239 g/mol. The van der Waals surface area contributed by atoms with Gasteiger partial charge in [-0.05, 0) is 29.5 Å². The fraction of sp³-hybridized carbons (Fsp3) is 0.417. The summed E-state index contributed by atoms with van der Waals surface area (Å²) in [5.74, 6) is -0.637. The molecule has 5 nitrogen and oxygen atoms in total. The van der Waals surface area contributed by atoms with Gasteiger partial charge in [0.15, 0.2) is 6.10 Å². The second-order valence-corrected chi connectivity index (χ2v) is 4.12. The smallest absolute Gasteiger partial charge is 0.339 e. The molecule has 0 spiro atoms. The van der Waals surface area contributed by atoms with E-state index in [1.54, 1.807) is 6.07 Å². The Kier molecular flexibility index (Phi) is 4.22. The van der Waals surface area contributed by atoms with E-state index in [1.165, 1.54) is 12.7 Å². The number of rotatable bonds is 2. The normalized spacial score (nSPS) is 19.1. The predicted molar refractivity (Wildman–Crippen MR) is 62.4 cm³/mol. The number of nitrogens with two attached hydrogens (primary N) is 1. The molecule has 2 rings (SSSR count). The van der Waals surface area contributed by atoms with Crippen LogP contribution in [0.3, 0.4) is 0 Å². The highest BCUT2D eigenvalue weighted by Crippen LogP contribution is 2.25. The van der Waals surface area contributed by atoms with Gasteiger partial charge in [0.25, 0.3) is 0 Å². The van der Waals surface area contributed by atoms with Crippen molar-refractivity contribution in [2.45, 2.75) is 25.0 Å². The summed E-state index contributed by atoms with van der Waals surface area (Å²) in [5, 5.41) is 9.68. The lowest BCUT2D eigenvalue weighted by Crippen LogP contribution is -2.19. The Balaban J connectivity index is 0.00000144. The van der Waals surface area contributed by atoms with Crippen LogP contribution < -0.4 is 5.73 Å². The zero-order chi connectivity index (χ0) is 11.7. The van der Waals surface area contributed by atoms with Gasteiger partial charge in [0, 0.05) is 6.04 Å². The van der Waals surface area contributed by atoms with E-state index in [2.05, 4.69) is 4.74 Å². The Hall–Kier alpha value is -1.43. The third kappa shape index (κ3) is 2.63. The van der Waals surface area contributed by atoms with Crippen molar-refractivity contribution in [1.29, 1.82) is 0 Å². The van der Waals surface area contributed by atoms with Crippen LogP contribution in [0.4, 0.5) is 0 Å². The van der Waals surface area contributed by atoms with Crippen molar-refractivity contribution in [3.63, 3.8) is 0 Å². The van der Waals surface area contributed by atoms with E-state index in [0.29, 0.717) is 5.56 Å². The van der Waals surface area contributed by atoms with Crippen LogP contribution in [0.5, 0.6) is 0 Å². The van der Waals surface area contributed by atoms with Crippen molar-refractivity contribution in [2.75, 3.05) is 7.11 Å². The minimum absolute atomic E-state index is 0. The van der Waals surface area contributed by atoms with E-state index >= 15 is 0 Å². The summed E-state index contributed by atoms with van der Waals surface area (Å²) in [6.07, 6.45) is 0.466. The summed E-state index contributed by atoms with van der Waals surface area (Å²) in [5.41, 5.74) is 8.73. The van der Waals surface area contributed by atoms with E-state index in [1.807, 2.05) is 12.1 Å². The lowest BCUT2D eigenvalue weighted by atomic mass is 10.0. The quantitative estimate of drug-likeness (QED) is 0.678. The molecule has 0 aromatic heterocycles. The SMILES string of the molecule is COC(=O)C(O)c1ccc2c(c1)CC(N)C2.O. The van der Waals surface area contributed by atoms with E-state index in [-0.39, 0.29) is 11.5 Å². The molecule has 94 valence electrons. The van der Waals surface area contributed by atoms with Crippen LogP contribution in [-0.4, -0.2) is 29.7 Å².